The highest BCUT2D eigenvalue weighted by Crippen LogP contribution is 2.47. The Bertz CT molecular complexity index is 1140. The van der Waals surface area contributed by atoms with Crippen LogP contribution in [0.15, 0.2) is 66.2 Å². The molecule has 3 heteroatoms. The van der Waals surface area contributed by atoms with Gasteiger partial charge in [-0.1, -0.05) is 42.5 Å². The molecule has 0 bridgehead atoms. The first-order valence-corrected chi connectivity index (χ1v) is 11.1. The maximum atomic E-state index is 13.1. The topological polar surface area (TPSA) is 32.3 Å². The van der Waals surface area contributed by atoms with Crippen molar-refractivity contribution in [1.82, 2.24) is 0 Å². The number of benzene rings is 3. The Morgan fingerprint density at radius 2 is 1.70 bits per heavy atom. The number of anilines is 2. The second kappa shape index (κ2) is 7.64. The van der Waals surface area contributed by atoms with Gasteiger partial charge in [-0.3, -0.25) is 4.79 Å². The summed E-state index contributed by atoms with van der Waals surface area (Å²) < 4.78 is 0. The number of Topliss-reactive ketones (excluding diaryl/α,β-unsaturated/α-hetero) is 1. The van der Waals surface area contributed by atoms with Crippen molar-refractivity contribution in [3.63, 3.8) is 0 Å². The predicted octanol–water partition coefficient (Wildman–Crippen LogP) is 6.36. The molecule has 1 unspecified atom stereocenters. The number of hydrogen-bond acceptors (Lipinski definition) is 3. The van der Waals surface area contributed by atoms with Crippen LogP contribution < -0.4 is 10.2 Å². The lowest BCUT2D eigenvalue weighted by molar-refractivity contribution is -0.114. The average molecular weight is 397 g/mol. The van der Waals surface area contributed by atoms with Crippen molar-refractivity contribution < 1.29 is 4.79 Å². The van der Waals surface area contributed by atoms with Crippen LogP contribution in [0.5, 0.6) is 0 Å². The molecule has 0 radical (unpaired) electrons. The van der Waals surface area contributed by atoms with Crippen molar-refractivity contribution in [3.05, 3.63) is 77.4 Å². The third-order valence-electron chi connectivity index (χ3n) is 6.63. The summed E-state index contributed by atoms with van der Waals surface area (Å²) >= 11 is 0. The molecular weight excluding hydrogens is 368 g/mol. The third kappa shape index (κ3) is 3.00. The lowest BCUT2D eigenvalue weighted by Crippen LogP contribution is -2.26. The summed E-state index contributed by atoms with van der Waals surface area (Å²) in [6.07, 6.45) is 2.56. The normalized spacial score (nSPS) is 18.1. The van der Waals surface area contributed by atoms with Crippen LogP contribution in [-0.4, -0.2) is 18.9 Å². The summed E-state index contributed by atoms with van der Waals surface area (Å²) in [6.45, 7) is 6.38. The van der Waals surface area contributed by atoms with Crippen LogP contribution >= 0.6 is 0 Å². The molecule has 1 N–H and O–H groups in total. The van der Waals surface area contributed by atoms with Crippen LogP contribution in [0.2, 0.25) is 0 Å². The number of nitrogens with zero attached hydrogens (tertiary/aromatic N) is 1. The molecule has 1 heterocycles. The van der Waals surface area contributed by atoms with Gasteiger partial charge in [-0.2, -0.15) is 0 Å². The predicted molar refractivity (Wildman–Crippen MR) is 126 cm³/mol. The SMILES string of the molecule is CCN(CC)c1ccc(C2Nc3ccc4ccccc4c3C3=C2CCCC3=O)cc1. The van der Waals surface area contributed by atoms with Crippen LogP contribution in [0.3, 0.4) is 0 Å². The van der Waals surface area contributed by atoms with Crippen LogP contribution in [-0.2, 0) is 4.79 Å². The zero-order valence-corrected chi connectivity index (χ0v) is 17.7. The summed E-state index contributed by atoms with van der Waals surface area (Å²) in [6, 6.07) is 21.6. The second-order valence-electron chi connectivity index (χ2n) is 8.23. The monoisotopic (exact) mass is 396 g/mol. The second-order valence-corrected chi connectivity index (χ2v) is 8.23. The standard InChI is InChI=1S/C27H28N2O/c1-3-29(4-2)20-15-12-19(13-16-20)27-22-10-7-11-24(30)26(22)25-21-9-6-5-8-18(21)14-17-23(25)28-27/h5-6,8-9,12-17,27-28H,3-4,7,10-11H2,1-2H3. The quantitative estimate of drug-likeness (QED) is 0.557. The number of ketones is 1. The molecule has 1 aliphatic carbocycles. The molecule has 2 aliphatic rings. The molecule has 1 atom stereocenters. The van der Waals surface area contributed by atoms with E-state index < -0.39 is 0 Å². The average Bonchev–Trinajstić information content (AvgIpc) is 2.79. The Labute approximate surface area is 178 Å². The lowest BCUT2D eigenvalue weighted by atomic mass is 9.77. The smallest absolute Gasteiger partial charge is 0.163 e. The molecule has 152 valence electrons. The molecule has 3 aromatic rings. The Hall–Kier alpha value is -3.07. The van der Waals surface area contributed by atoms with Crippen molar-refractivity contribution in [2.24, 2.45) is 0 Å². The van der Waals surface area contributed by atoms with E-state index in [1.54, 1.807) is 0 Å². The molecule has 0 aromatic heterocycles. The molecule has 3 nitrogen and oxygen atoms in total. The summed E-state index contributed by atoms with van der Waals surface area (Å²) in [4.78, 5) is 15.5. The minimum absolute atomic E-state index is 0.0589. The van der Waals surface area contributed by atoms with Gasteiger partial charge in [0.25, 0.3) is 0 Å². The maximum absolute atomic E-state index is 13.1. The molecule has 0 amide bonds. The number of carbonyl (C=O) groups excluding carboxylic acids is 1. The van der Waals surface area contributed by atoms with E-state index in [9.17, 15) is 4.79 Å². The van der Waals surface area contributed by atoms with Gasteiger partial charge in [-0.05, 0) is 66.8 Å². The summed E-state index contributed by atoms with van der Waals surface area (Å²) in [5, 5.41) is 6.13. The zero-order valence-electron chi connectivity index (χ0n) is 17.7. The molecule has 0 spiro atoms. The molecule has 30 heavy (non-hydrogen) atoms. The van der Waals surface area contributed by atoms with Crippen molar-refractivity contribution in [3.8, 4) is 0 Å². The Balaban J connectivity index is 1.64. The minimum Gasteiger partial charge on any atom is -0.374 e. The molecule has 0 saturated carbocycles. The lowest BCUT2D eigenvalue weighted by Gasteiger charge is -2.35. The van der Waals surface area contributed by atoms with Crippen molar-refractivity contribution in [1.29, 1.82) is 0 Å². The van der Waals surface area contributed by atoms with E-state index in [4.69, 9.17) is 0 Å². The number of fused-ring (bicyclic) bond motifs is 4. The van der Waals surface area contributed by atoms with E-state index in [1.807, 2.05) is 0 Å². The first kappa shape index (κ1) is 18.9. The maximum Gasteiger partial charge on any atom is 0.163 e. The van der Waals surface area contributed by atoms with E-state index in [0.717, 1.165) is 42.8 Å². The Morgan fingerprint density at radius 1 is 0.933 bits per heavy atom. The largest absolute Gasteiger partial charge is 0.374 e. The number of allylic oxidation sites excluding steroid dienone is 1. The summed E-state index contributed by atoms with van der Waals surface area (Å²) in [5.41, 5.74) is 6.87. The van der Waals surface area contributed by atoms with Gasteiger partial charge in [-0.25, -0.2) is 0 Å². The number of hydrogen-bond donors (Lipinski definition) is 1. The minimum atomic E-state index is 0.0589. The van der Waals surface area contributed by atoms with Gasteiger partial charge in [0.1, 0.15) is 0 Å². The van der Waals surface area contributed by atoms with E-state index in [0.29, 0.717) is 12.2 Å². The van der Waals surface area contributed by atoms with Gasteiger partial charge >= 0.3 is 0 Å². The molecule has 0 saturated heterocycles. The van der Waals surface area contributed by atoms with Crippen LogP contribution in [0.4, 0.5) is 11.4 Å². The molecule has 5 rings (SSSR count). The van der Waals surface area contributed by atoms with Gasteiger partial charge in [-0.15, -0.1) is 0 Å². The molecule has 0 fully saturated rings. The van der Waals surface area contributed by atoms with E-state index in [-0.39, 0.29) is 6.04 Å². The Morgan fingerprint density at radius 3 is 2.47 bits per heavy atom. The van der Waals surface area contributed by atoms with Crippen molar-refractivity contribution in [2.45, 2.75) is 39.2 Å². The van der Waals surface area contributed by atoms with E-state index >= 15 is 0 Å². The van der Waals surface area contributed by atoms with Crippen LogP contribution in [0.25, 0.3) is 16.3 Å². The molecule has 1 aliphatic heterocycles. The molecular formula is C27H28N2O. The fraction of sp³-hybridized carbons (Fsp3) is 0.296. The molecule has 3 aromatic carbocycles. The first-order valence-electron chi connectivity index (χ1n) is 11.1. The van der Waals surface area contributed by atoms with Gasteiger partial charge in [0.15, 0.2) is 5.78 Å². The first-order chi connectivity index (χ1) is 14.7. The highest BCUT2D eigenvalue weighted by molar-refractivity contribution is 6.27. The number of rotatable bonds is 4. The van der Waals surface area contributed by atoms with Gasteiger partial charge in [0, 0.05) is 42.0 Å². The highest BCUT2D eigenvalue weighted by Gasteiger charge is 2.34. The van der Waals surface area contributed by atoms with E-state index in [1.165, 1.54) is 27.6 Å². The van der Waals surface area contributed by atoms with Crippen LogP contribution in [0.1, 0.15) is 50.3 Å². The Kier molecular flexibility index (Phi) is 4.82. The van der Waals surface area contributed by atoms with Gasteiger partial charge < -0.3 is 10.2 Å². The fourth-order valence-electron chi connectivity index (χ4n) is 5.11. The summed E-state index contributed by atoms with van der Waals surface area (Å²) in [5.74, 6) is 0.292. The van der Waals surface area contributed by atoms with E-state index in [2.05, 4.69) is 84.7 Å². The van der Waals surface area contributed by atoms with Crippen LogP contribution in [0, 0.1) is 0 Å². The van der Waals surface area contributed by atoms with Gasteiger partial charge in [0.05, 0.1) is 6.04 Å². The third-order valence-corrected chi connectivity index (χ3v) is 6.63. The zero-order chi connectivity index (χ0) is 20.7. The van der Waals surface area contributed by atoms with Crippen molar-refractivity contribution in [2.75, 3.05) is 23.3 Å². The summed E-state index contributed by atoms with van der Waals surface area (Å²) in [7, 11) is 0. The number of carbonyl (C=O) groups is 1. The van der Waals surface area contributed by atoms with Gasteiger partial charge in [0.2, 0.25) is 0 Å². The highest BCUT2D eigenvalue weighted by atomic mass is 16.1. The fourth-order valence-corrected chi connectivity index (χ4v) is 5.11. The van der Waals surface area contributed by atoms with Crippen molar-refractivity contribution >= 4 is 33.5 Å². The number of nitrogens with one attached hydrogen (secondary N) is 1.